The molecule has 1 fully saturated rings. The molecular weight excluding hydrogens is 278 g/mol. The van der Waals surface area contributed by atoms with Crippen molar-refractivity contribution >= 4 is 0 Å². The Kier molecular flexibility index (Phi) is 5.84. The van der Waals surface area contributed by atoms with E-state index in [1.807, 2.05) is 39.0 Å². The van der Waals surface area contributed by atoms with Crippen molar-refractivity contribution < 1.29 is 14.6 Å². The lowest BCUT2D eigenvalue weighted by Crippen LogP contribution is -2.37. The molecule has 1 unspecified atom stereocenters. The smallest absolute Gasteiger partial charge is 0.123 e. The highest BCUT2D eigenvalue weighted by atomic mass is 16.5. The lowest BCUT2D eigenvalue weighted by atomic mass is 10.1. The first kappa shape index (κ1) is 17.3. The maximum atomic E-state index is 10.3. The van der Waals surface area contributed by atoms with E-state index in [0.717, 1.165) is 12.3 Å². The van der Waals surface area contributed by atoms with Gasteiger partial charge in [0.2, 0.25) is 0 Å². The summed E-state index contributed by atoms with van der Waals surface area (Å²) in [5, 5.41) is 10.3. The van der Waals surface area contributed by atoms with E-state index in [0.29, 0.717) is 19.2 Å². The number of aliphatic hydroxyl groups is 1. The van der Waals surface area contributed by atoms with Crippen LogP contribution in [0.4, 0.5) is 0 Å². The van der Waals surface area contributed by atoms with Gasteiger partial charge in [0.15, 0.2) is 0 Å². The highest BCUT2D eigenvalue weighted by molar-refractivity contribution is 5.33. The summed E-state index contributed by atoms with van der Waals surface area (Å²) in [6.45, 7) is 7.84. The number of hydrogen-bond acceptors (Lipinski definition) is 4. The molecule has 1 aliphatic carbocycles. The third-order valence-corrected chi connectivity index (χ3v) is 3.78. The predicted molar refractivity (Wildman–Crippen MR) is 88.1 cm³/mol. The Morgan fingerprint density at radius 3 is 2.55 bits per heavy atom. The molecule has 4 nitrogen and oxygen atoms in total. The summed E-state index contributed by atoms with van der Waals surface area (Å²) in [4.78, 5) is 2.34. The second-order valence-electron chi connectivity index (χ2n) is 7.05. The maximum absolute atomic E-state index is 10.3. The molecule has 2 rings (SSSR count). The van der Waals surface area contributed by atoms with E-state index < -0.39 is 6.10 Å². The van der Waals surface area contributed by atoms with Crippen LogP contribution in [-0.2, 0) is 11.3 Å². The van der Waals surface area contributed by atoms with Crippen molar-refractivity contribution in [3.8, 4) is 5.75 Å². The van der Waals surface area contributed by atoms with E-state index in [2.05, 4.69) is 11.0 Å². The van der Waals surface area contributed by atoms with Crippen molar-refractivity contribution in [1.82, 2.24) is 4.90 Å². The molecule has 124 valence electrons. The van der Waals surface area contributed by atoms with Crippen LogP contribution in [0.25, 0.3) is 0 Å². The van der Waals surface area contributed by atoms with Gasteiger partial charge in [-0.25, -0.2) is 0 Å². The second-order valence-corrected chi connectivity index (χ2v) is 7.05. The third kappa shape index (κ3) is 5.59. The maximum Gasteiger partial charge on any atom is 0.123 e. The van der Waals surface area contributed by atoms with Gasteiger partial charge in [0.25, 0.3) is 0 Å². The number of para-hydroxylation sites is 1. The number of aliphatic hydroxyl groups excluding tert-OH is 1. The standard InChI is InChI=1S/C18H29NO3/c1-18(2,3)22-13-16(20)12-19(15-9-10-15)11-14-7-5-6-8-17(14)21-4/h5-8,15-16,20H,9-13H2,1-4H3. The first-order valence-corrected chi connectivity index (χ1v) is 8.07. The fourth-order valence-corrected chi connectivity index (χ4v) is 2.50. The van der Waals surface area contributed by atoms with E-state index >= 15 is 0 Å². The highest BCUT2D eigenvalue weighted by Crippen LogP contribution is 2.30. The van der Waals surface area contributed by atoms with Gasteiger partial charge in [0, 0.05) is 24.7 Å². The quantitative estimate of drug-likeness (QED) is 0.802. The zero-order valence-corrected chi connectivity index (χ0v) is 14.2. The normalized spacial score (nSPS) is 16.8. The molecule has 0 aliphatic heterocycles. The van der Waals surface area contributed by atoms with Gasteiger partial charge in [-0.2, -0.15) is 0 Å². The van der Waals surface area contributed by atoms with Crippen LogP contribution in [0.2, 0.25) is 0 Å². The van der Waals surface area contributed by atoms with Crippen molar-refractivity contribution in [1.29, 1.82) is 0 Å². The summed E-state index contributed by atoms with van der Waals surface area (Å²) in [5.41, 5.74) is 0.953. The van der Waals surface area contributed by atoms with Crippen LogP contribution in [0.5, 0.6) is 5.75 Å². The van der Waals surface area contributed by atoms with Crippen molar-refractivity contribution in [3.05, 3.63) is 29.8 Å². The molecule has 0 aromatic heterocycles. The molecule has 1 N–H and O–H groups in total. The van der Waals surface area contributed by atoms with E-state index in [4.69, 9.17) is 9.47 Å². The molecule has 1 atom stereocenters. The predicted octanol–water partition coefficient (Wildman–Crippen LogP) is 2.84. The minimum absolute atomic E-state index is 0.214. The van der Waals surface area contributed by atoms with Crippen LogP contribution in [0, 0.1) is 0 Å². The summed E-state index contributed by atoms with van der Waals surface area (Å²) in [6, 6.07) is 8.66. The van der Waals surface area contributed by atoms with Crippen LogP contribution in [0.15, 0.2) is 24.3 Å². The number of methoxy groups -OCH3 is 1. The molecular formula is C18H29NO3. The summed E-state index contributed by atoms with van der Waals surface area (Å²) < 4.78 is 11.1. The van der Waals surface area contributed by atoms with Gasteiger partial charge >= 0.3 is 0 Å². The first-order valence-electron chi connectivity index (χ1n) is 8.07. The van der Waals surface area contributed by atoms with Gasteiger partial charge in [-0.1, -0.05) is 18.2 Å². The zero-order chi connectivity index (χ0) is 16.2. The highest BCUT2D eigenvalue weighted by Gasteiger charge is 2.31. The van der Waals surface area contributed by atoms with E-state index in [-0.39, 0.29) is 5.60 Å². The molecule has 0 amide bonds. The Balaban J connectivity index is 1.93. The molecule has 0 heterocycles. The SMILES string of the molecule is COc1ccccc1CN(CC(O)COC(C)(C)C)C1CC1. The summed E-state index contributed by atoms with van der Waals surface area (Å²) in [6.07, 6.45) is 1.96. The minimum atomic E-state index is -0.463. The van der Waals surface area contributed by atoms with Gasteiger partial charge < -0.3 is 14.6 Å². The van der Waals surface area contributed by atoms with Crippen molar-refractivity contribution in [2.45, 2.75) is 57.9 Å². The lowest BCUT2D eigenvalue weighted by Gasteiger charge is -2.27. The number of hydrogen-bond donors (Lipinski definition) is 1. The number of benzene rings is 1. The summed E-state index contributed by atoms with van der Waals surface area (Å²) >= 11 is 0. The van der Waals surface area contributed by atoms with Crippen LogP contribution < -0.4 is 4.74 Å². The lowest BCUT2D eigenvalue weighted by molar-refractivity contribution is -0.0573. The van der Waals surface area contributed by atoms with Crippen LogP contribution in [-0.4, -0.2) is 48.0 Å². The number of nitrogens with zero attached hydrogens (tertiary/aromatic N) is 1. The largest absolute Gasteiger partial charge is 0.496 e. The molecule has 1 saturated carbocycles. The molecule has 1 aromatic rings. The molecule has 0 saturated heterocycles. The monoisotopic (exact) mass is 307 g/mol. The van der Waals surface area contributed by atoms with Gasteiger partial charge in [0.1, 0.15) is 5.75 Å². The number of ether oxygens (including phenoxy) is 2. The molecule has 1 aliphatic rings. The van der Waals surface area contributed by atoms with Crippen LogP contribution >= 0.6 is 0 Å². The molecule has 1 aromatic carbocycles. The Labute approximate surface area is 134 Å². The molecule has 4 heteroatoms. The fourth-order valence-electron chi connectivity index (χ4n) is 2.50. The van der Waals surface area contributed by atoms with Crippen molar-refractivity contribution in [2.24, 2.45) is 0 Å². The third-order valence-electron chi connectivity index (χ3n) is 3.78. The molecule has 0 spiro atoms. The topological polar surface area (TPSA) is 41.9 Å². The average Bonchev–Trinajstić information content (AvgIpc) is 3.29. The fraction of sp³-hybridized carbons (Fsp3) is 0.667. The van der Waals surface area contributed by atoms with Crippen molar-refractivity contribution in [3.63, 3.8) is 0 Å². The molecule has 0 bridgehead atoms. The first-order chi connectivity index (χ1) is 10.4. The summed E-state index contributed by atoms with van der Waals surface area (Å²) in [7, 11) is 1.70. The van der Waals surface area contributed by atoms with Gasteiger partial charge in [-0.05, 0) is 39.7 Å². The Bertz CT molecular complexity index is 466. The van der Waals surface area contributed by atoms with Gasteiger partial charge in [-0.15, -0.1) is 0 Å². The average molecular weight is 307 g/mol. The Morgan fingerprint density at radius 1 is 1.27 bits per heavy atom. The Morgan fingerprint density at radius 2 is 1.95 bits per heavy atom. The van der Waals surface area contributed by atoms with Crippen LogP contribution in [0.1, 0.15) is 39.2 Å². The van der Waals surface area contributed by atoms with Gasteiger partial charge in [0.05, 0.1) is 25.4 Å². The van der Waals surface area contributed by atoms with E-state index in [1.54, 1.807) is 7.11 Å². The van der Waals surface area contributed by atoms with Crippen molar-refractivity contribution in [2.75, 3.05) is 20.3 Å². The van der Waals surface area contributed by atoms with Crippen LogP contribution in [0.3, 0.4) is 0 Å². The molecule has 22 heavy (non-hydrogen) atoms. The Hall–Kier alpha value is -1.10. The minimum Gasteiger partial charge on any atom is -0.496 e. The second kappa shape index (κ2) is 7.44. The molecule has 0 radical (unpaired) electrons. The number of rotatable bonds is 8. The van der Waals surface area contributed by atoms with E-state index in [1.165, 1.54) is 18.4 Å². The zero-order valence-electron chi connectivity index (χ0n) is 14.2. The summed E-state index contributed by atoms with van der Waals surface area (Å²) in [5.74, 6) is 0.911. The van der Waals surface area contributed by atoms with E-state index in [9.17, 15) is 5.11 Å². The van der Waals surface area contributed by atoms with Gasteiger partial charge in [-0.3, -0.25) is 4.90 Å².